The van der Waals surface area contributed by atoms with E-state index in [9.17, 15) is 22.8 Å². The van der Waals surface area contributed by atoms with Crippen LogP contribution in [-0.4, -0.2) is 18.2 Å². The van der Waals surface area contributed by atoms with E-state index in [1.54, 1.807) is 24.3 Å². The Morgan fingerprint density at radius 2 is 1.20 bits per heavy atom. The minimum Gasteiger partial charge on any atom is -0.457 e. The first-order chi connectivity index (χ1) is 14.2. The molecule has 0 heterocycles. The van der Waals surface area contributed by atoms with E-state index in [2.05, 4.69) is 10.1 Å². The summed E-state index contributed by atoms with van der Waals surface area (Å²) in [6.07, 6.45) is -4.78. The van der Waals surface area contributed by atoms with E-state index in [-0.39, 0.29) is 5.75 Å². The lowest BCUT2D eigenvalue weighted by Crippen LogP contribution is -2.17. The summed E-state index contributed by atoms with van der Waals surface area (Å²) >= 11 is 0. The number of primary amides is 1. The van der Waals surface area contributed by atoms with Crippen molar-refractivity contribution in [1.82, 2.24) is 0 Å². The monoisotopic (exact) mass is 416 g/mol. The zero-order valence-electron chi connectivity index (χ0n) is 15.3. The van der Waals surface area contributed by atoms with Crippen LogP contribution >= 0.6 is 0 Å². The third-order valence-corrected chi connectivity index (χ3v) is 3.84. The summed E-state index contributed by atoms with van der Waals surface area (Å²) in [6, 6.07) is 17.3. The number of ether oxygens (including phenoxy) is 2. The van der Waals surface area contributed by atoms with Crippen molar-refractivity contribution in [2.75, 3.05) is 5.32 Å². The number of carbonyl (C=O) groups excluding carboxylic acids is 2. The summed E-state index contributed by atoms with van der Waals surface area (Å²) in [6.45, 7) is 0. The molecule has 9 heteroatoms. The molecule has 3 N–H and O–H groups in total. The van der Waals surface area contributed by atoms with Crippen molar-refractivity contribution in [3.63, 3.8) is 0 Å². The van der Waals surface area contributed by atoms with Gasteiger partial charge in [0.15, 0.2) is 0 Å². The predicted molar refractivity (Wildman–Crippen MR) is 103 cm³/mol. The molecule has 0 saturated carbocycles. The van der Waals surface area contributed by atoms with E-state index < -0.39 is 18.2 Å². The molecule has 3 aromatic rings. The second-order valence-electron chi connectivity index (χ2n) is 6.04. The fourth-order valence-corrected chi connectivity index (χ4v) is 2.44. The van der Waals surface area contributed by atoms with Crippen molar-refractivity contribution < 1.29 is 32.2 Å². The Morgan fingerprint density at radius 1 is 0.733 bits per heavy atom. The van der Waals surface area contributed by atoms with Crippen molar-refractivity contribution in [1.29, 1.82) is 0 Å². The minimum atomic E-state index is -4.78. The molecule has 0 saturated heterocycles. The number of amides is 2. The van der Waals surface area contributed by atoms with Crippen LogP contribution < -0.4 is 20.5 Å². The zero-order chi connectivity index (χ0) is 21.7. The number of hydrogen-bond donors (Lipinski definition) is 2. The van der Waals surface area contributed by atoms with E-state index in [1.165, 1.54) is 36.4 Å². The molecule has 30 heavy (non-hydrogen) atoms. The van der Waals surface area contributed by atoms with Crippen molar-refractivity contribution in [3.05, 3.63) is 83.9 Å². The highest BCUT2D eigenvalue weighted by Gasteiger charge is 2.30. The van der Waals surface area contributed by atoms with Gasteiger partial charge in [0.25, 0.3) is 5.91 Å². The average molecular weight is 416 g/mol. The Hall–Kier alpha value is -4.01. The van der Waals surface area contributed by atoms with Gasteiger partial charge in [-0.1, -0.05) is 0 Å². The van der Waals surface area contributed by atoms with E-state index in [1.807, 2.05) is 0 Å². The third kappa shape index (κ3) is 5.74. The van der Waals surface area contributed by atoms with E-state index in [0.717, 1.165) is 12.1 Å². The van der Waals surface area contributed by atoms with Gasteiger partial charge in [-0.25, -0.2) is 0 Å². The molecular weight excluding hydrogens is 401 g/mol. The number of alkyl halides is 3. The first-order valence-corrected chi connectivity index (χ1v) is 8.54. The Balaban J connectivity index is 1.60. The smallest absolute Gasteiger partial charge is 0.457 e. The molecule has 0 unspecified atom stereocenters. The van der Waals surface area contributed by atoms with Gasteiger partial charge in [0.05, 0.1) is 0 Å². The van der Waals surface area contributed by atoms with E-state index >= 15 is 0 Å². The topological polar surface area (TPSA) is 90.7 Å². The third-order valence-electron chi connectivity index (χ3n) is 3.84. The van der Waals surface area contributed by atoms with Gasteiger partial charge in [-0.3, -0.25) is 9.59 Å². The Labute approximate surface area is 169 Å². The second-order valence-corrected chi connectivity index (χ2v) is 6.04. The number of nitrogens with two attached hydrogens (primary N) is 1. The number of carbonyl (C=O) groups is 2. The number of nitrogens with one attached hydrogen (secondary N) is 1. The van der Waals surface area contributed by atoms with E-state index in [0.29, 0.717) is 28.3 Å². The lowest BCUT2D eigenvalue weighted by Gasteiger charge is -2.10. The molecule has 0 aromatic heterocycles. The van der Waals surface area contributed by atoms with Gasteiger partial charge in [0.1, 0.15) is 17.2 Å². The molecule has 3 rings (SSSR count). The molecule has 2 amide bonds. The van der Waals surface area contributed by atoms with Crippen LogP contribution in [0.5, 0.6) is 17.2 Å². The largest absolute Gasteiger partial charge is 0.573 e. The lowest BCUT2D eigenvalue weighted by atomic mass is 10.2. The normalized spacial score (nSPS) is 10.9. The van der Waals surface area contributed by atoms with Gasteiger partial charge in [-0.05, 0) is 72.8 Å². The molecule has 0 aliphatic carbocycles. The predicted octanol–water partition coefficient (Wildman–Crippen LogP) is 4.73. The van der Waals surface area contributed by atoms with Gasteiger partial charge in [0.2, 0.25) is 5.91 Å². The van der Waals surface area contributed by atoms with Crippen LogP contribution in [0.3, 0.4) is 0 Å². The molecule has 0 fully saturated rings. The molecule has 0 atom stereocenters. The molecule has 0 spiro atoms. The van der Waals surface area contributed by atoms with Gasteiger partial charge in [0, 0.05) is 16.8 Å². The summed E-state index contributed by atoms with van der Waals surface area (Å²) in [5.74, 6) is -0.424. The summed E-state index contributed by atoms with van der Waals surface area (Å²) in [4.78, 5) is 23.4. The molecule has 6 nitrogen and oxygen atoms in total. The summed E-state index contributed by atoms with van der Waals surface area (Å²) < 4.78 is 45.9. The highest BCUT2D eigenvalue weighted by Crippen LogP contribution is 2.25. The van der Waals surface area contributed by atoms with Crippen LogP contribution in [0.4, 0.5) is 18.9 Å². The minimum absolute atomic E-state index is 0.310. The van der Waals surface area contributed by atoms with Gasteiger partial charge >= 0.3 is 6.36 Å². The summed E-state index contributed by atoms with van der Waals surface area (Å²) in [5.41, 5.74) is 6.16. The van der Waals surface area contributed by atoms with Crippen LogP contribution in [0.15, 0.2) is 72.8 Å². The maximum absolute atomic E-state index is 12.3. The van der Waals surface area contributed by atoms with Crippen molar-refractivity contribution in [2.24, 2.45) is 5.73 Å². The molecule has 0 radical (unpaired) electrons. The van der Waals surface area contributed by atoms with Crippen molar-refractivity contribution in [2.45, 2.75) is 6.36 Å². The fraction of sp³-hybridized carbons (Fsp3) is 0.0476. The van der Waals surface area contributed by atoms with Crippen molar-refractivity contribution in [3.8, 4) is 17.2 Å². The van der Waals surface area contributed by atoms with Crippen LogP contribution in [0, 0.1) is 0 Å². The second kappa shape index (κ2) is 8.56. The molecule has 3 aromatic carbocycles. The average Bonchev–Trinajstić information content (AvgIpc) is 2.69. The Bertz CT molecular complexity index is 1030. The van der Waals surface area contributed by atoms with E-state index in [4.69, 9.17) is 10.5 Å². The number of benzene rings is 3. The van der Waals surface area contributed by atoms with Gasteiger partial charge < -0.3 is 20.5 Å². The lowest BCUT2D eigenvalue weighted by molar-refractivity contribution is -0.274. The SMILES string of the molecule is NC(=O)c1ccc(Oc2ccc(C(=O)Nc3ccc(OC(F)(F)F)cc3)cc2)cc1. The zero-order valence-corrected chi connectivity index (χ0v) is 15.3. The molecule has 0 aliphatic rings. The van der Waals surface area contributed by atoms with Crippen LogP contribution in [0.2, 0.25) is 0 Å². The van der Waals surface area contributed by atoms with Crippen LogP contribution in [-0.2, 0) is 0 Å². The molecule has 0 bridgehead atoms. The van der Waals surface area contributed by atoms with Crippen LogP contribution in [0.1, 0.15) is 20.7 Å². The molecule has 154 valence electrons. The summed E-state index contributed by atoms with van der Waals surface area (Å²) in [7, 11) is 0. The highest BCUT2D eigenvalue weighted by atomic mass is 19.4. The number of rotatable bonds is 6. The Kier molecular flexibility index (Phi) is 5.91. The quantitative estimate of drug-likeness (QED) is 0.608. The van der Waals surface area contributed by atoms with Gasteiger partial charge in [-0.2, -0.15) is 0 Å². The molecule has 0 aliphatic heterocycles. The number of hydrogen-bond acceptors (Lipinski definition) is 4. The number of anilines is 1. The summed E-state index contributed by atoms with van der Waals surface area (Å²) in [5, 5.41) is 2.57. The van der Waals surface area contributed by atoms with Crippen LogP contribution in [0.25, 0.3) is 0 Å². The van der Waals surface area contributed by atoms with Gasteiger partial charge in [-0.15, -0.1) is 13.2 Å². The maximum atomic E-state index is 12.3. The first kappa shape index (κ1) is 20.7. The molecular formula is C21H15F3N2O4. The first-order valence-electron chi connectivity index (χ1n) is 8.54. The van der Waals surface area contributed by atoms with Crippen molar-refractivity contribution >= 4 is 17.5 Å². The fourth-order valence-electron chi connectivity index (χ4n) is 2.44. The number of halogens is 3. The Morgan fingerprint density at radius 3 is 1.67 bits per heavy atom. The maximum Gasteiger partial charge on any atom is 0.573 e. The standard InChI is InChI=1S/C21H15F3N2O4/c22-21(23,24)30-18-11-5-15(6-12-18)26-20(28)14-3-9-17(10-4-14)29-16-7-1-13(2-8-16)19(25)27/h1-12H,(H2,25,27)(H,26,28). The highest BCUT2D eigenvalue weighted by molar-refractivity contribution is 6.04.